The van der Waals surface area contributed by atoms with E-state index in [0.717, 1.165) is 17.0 Å². The first-order valence-corrected chi connectivity index (χ1v) is 6.05. The van der Waals surface area contributed by atoms with Crippen LogP contribution in [0.2, 0.25) is 0 Å². The third kappa shape index (κ3) is 2.12. The normalized spacial score (nSPS) is 10.8. The van der Waals surface area contributed by atoms with Crippen molar-refractivity contribution in [2.24, 2.45) is 0 Å². The van der Waals surface area contributed by atoms with E-state index < -0.39 is 0 Å². The Morgan fingerprint density at radius 2 is 2.05 bits per heavy atom. The maximum absolute atomic E-state index is 9.74. The average molecular weight is 254 g/mol. The van der Waals surface area contributed by atoms with Crippen molar-refractivity contribution in [2.45, 2.75) is 6.42 Å². The molecule has 0 saturated heterocycles. The van der Waals surface area contributed by atoms with Gasteiger partial charge < -0.3 is 14.2 Å². The second-order valence-corrected chi connectivity index (χ2v) is 4.35. The topological polar surface area (TPSA) is 46.8 Å². The summed E-state index contributed by atoms with van der Waals surface area (Å²) in [5.41, 5.74) is 2.55. The lowest BCUT2D eigenvalue weighted by Crippen LogP contribution is -1.93. The van der Waals surface area contributed by atoms with E-state index in [2.05, 4.69) is 4.98 Å². The molecule has 4 heteroatoms. The van der Waals surface area contributed by atoms with Crippen molar-refractivity contribution < 1.29 is 9.84 Å². The van der Waals surface area contributed by atoms with E-state index in [1.807, 2.05) is 41.1 Å². The number of hydrogen-bond donors (Lipinski definition) is 1. The number of aromatic nitrogens is 2. The van der Waals surface area contributed by atoms with Crippen LogP contribution in [0.3, 0.4) is 0 Å². The number of fused-ring (bicyclic) bond motifs is 1. The summed E-state index contributed by atoms with van der Waals surface area (Å²) >= 11 is 0. The van der Waals surface area contributed by atoms with Gasteiger partial charge in [0.25, 0.3) is 0 Å². The van der Waals surface area contributed by atoms with Crippen LogP contribution in [-0.4, -0.2) is 21.6 Å². The first-order chi connectivity index (χ1) is 9.28. The highest BCUT2D eigenvalue weighted by atomic mass is 16.5. The van der Waals surface area contributed by atoms with E-state index in [9.17, 15) is 5.11 Å². The van der Waals surface area contributed by atoms with Crippen LogP contribution in [-0.2, 0) is 6.42 Å². The second-order valence-electron chi connectivity index (χ2n) is 4.35. The lowest BCUT2D eigenvalue weighted by atomic mass is 10.1. The van der Waals surface area contributed by atoms with Gasteiger partial charge in [0.1, 0.15) is 5.75 Å². The molecule has 19 heavy (non-hydrogen) atoms. The van der Waals surface area contributed by atoms with Crippen LogP contribution < -0.4 is 4.74 Å². The standard InChI is InChI=1S/C15H14N2O2/c1-19-14-7-3-2-5-11(14)9-12-10-17-8-4-6-13(18)15(17)16-12/h2-8,10,18H,9H2,1H3. The minimum Gasteiger partial charge on any atom is -0.504 e. The molecule has 0 spiro atoms. The number of rotatable bonds is 3. The molecule has 1 aromatic carbocycles. The molecular weight excluding hydrogens is 240 g/mol. The highest BCUT2D eigenvalue weighted by Gasteiger charge is 2.08. The fourth-order valence-corrected chi connectivity index (χ4v) is 2.18. The Hall–Kier alpha value is -2.49. The molecule has 0 amide bonds. The number of aromatic hydroxyl groups is 1. The molecule has 0 saturated carbocycles. The zero-order valence-electron chi connectivity index (χ0n) is 10.6. The Balaban J connectivity index is 1.99. The Labute approximate surface area is 110 Å². The number of ether oxygens (including phenoxy) is 1. The molecule has 0 fully saturated rings. The van der Waals surface area contributed by atoms with E-state index >= 15 is 0 Å². The average Bonchev–Trinajstić information content (AvgIpc) is 2.83. The number of pyridine rings is 1. The molecule has 2 heterocycles. The summed E-state index contributed by atoms with van der Waals surface area (Å²) < 4.78 is 7.15. The van der Waals surface area contributed by atoms with Gasteiger partial charge in [-0.05, 0) is 18.2 Å². The maximum Gasteiger partial charge on any atom is 0.179 e. The maximum atomic E-state index is 9.74. The Morgan fingerprint density at radius 1 is 1.21 bits per heavy atom. The molecule has 0 aliphatic carbocycles. The monoisotopic (exact) mass is 254 g/mol. The molecule has 1 N–H and O–H groups in total. The SMILES string of the molecule is COc1ccccc1Cc1cn2cccc(O)c2n1. The summed E-state index contributed by atoms with van der Waals surface area (Å²) in [4.78, 5) is 4.44. The van der Waals surface area contributed by atoms with Crippen molar-refractivity contribution in [3.63, 3.8) is 0 Å². The van der Waals surface area contributed by atoms with Crippen molar-refractivity contribution in [1.82, 2.24) is 9.38 Å². The first-order valence-electron chi connectivity index (χ1n) is 6.05. The Kier molecular flexibility index (Phi) is 2.83. The predicted octanol–water partition coefficient (Wildman–Crippen LogP) is 2.64. The summed E-state index contributed by atoms with van der Waals surface area (Å²) in [6, 6.07) is 11.3. The van der Waals surface area contributed by atoms with Crippen LogP contribution in [0.5, 0.6) is 11.5 Å². The largest absolute Gasteiger partial charge is 0.504 e. The van der Waals surface area contributed by atoms with Gasteiger partial charge in [0.2, 0.25) is 0 Å². The van der Waals surface area contributed by atoms with Gasteiger partial charge in [0, 0.05) is 24.4 Å². The number of nitrogens with zero attached hydrogens (tertiary/aromatic N) is 2. The van der Waals surface area contributed by atoms with Gasteiger partial charge in [-0.2, -0.15) is 0 Å². The zero-order valence-corrected chi connectivity index (χ0v) is 10.6. The molecule has 0 aliphatic heterocycles. The molecule has 3 rings (SSSR count). The summed E-state index contributed by atoms with van der Waals surface area (Å²) in [5.74, 6) is 1.04. The van der Waals surface area contributed by atoms with E-state index in [4.69, 9.17) is 4.74 Å². The number of hydrogen-bond acceptors (Lipinski definition) is 3. The minimum atomic E-state index is 0.189. The molecule has 3 aromatic rings. The molecule has 96 valence electrons. The molecule has 0 radical (unpaired) electrons. The fourth-order valence-electron chi connectivity index (χ4n) is 2.18. The molecule has 4 nitrogen and oxygen atoms in total. The zero-order chi connectivity index (χ0) is 13.2. The van der Waals surface area contributed by atoms with Gasteiger partial charge in [0.15, 0.2) is 11.4 Å². The van der Waals surface area contributed by atoms with E-state index in [1.54, 1.807) is 19.2 Å². The summed E-state index contributed by atoms with van der Waals surface area (Å²) in [6.07, 6.45) is 4.46. The molecule has 0 aliphatic rings. The van der Waals surface area contributed by atoms with Crippen LogP contribution in [0.4, 0.5) is 0 Å². The van der Waals surface area contributed by atoms with E-state index in [0.29, 0.717) is 12.1 Å². The number of benzene rings is 1. The van der Waals surface area contributed by atoms with Crippen LogP contribution >= 0.6 is 0 Å². The first kappa shape index (κ1) is 11.6. The quantitative estimate of drug-likeness (QED) is 0.781. The molecule has 0 unspecified atom stereocenters. The second kappa shape index (κ2) is 4.65. The van der Waals surface area contributed by atoms with Gasteiger partial charge in [-0.15, -0.1) is 0 Å². The van der Waals surface area contributed by atoms with Crippen molar-refractivity contribution in [3.8, 4) is 11.5 Å². The van der Waals surface area contributed by atoms with Gasteiger partial charge in [-0.3, -0.25) is 0 Å². The third-order valence-electron chi connectivity index (χ3n) is 3.08. The predicted molar refractivity (Wildman–Crippen MR) is 72.7 cm³/mol. The smallest absolute Gasteiger partial charge is 0.179 e. The highest BCUT2D eigenvalue weighted by Crippen LogP contribution is 2.22. The fraction of sp³-hybridized carbons (Fsp3) is 0.133. The van der Waals surface area contributed by atoms with Crippen LogP contribution in [0, 0.1) is 0 Å². The summed E-state index contributed by atoms with van der Waals surface area (Å²) in [6.45, 7) is 0. The molecular formula is C15H14N2O2. The van der Waals surface area contributed by atoms with E-state index in [1.165, 1.54) is 0 Å². The van der Waals surface area contributed by atoms with Gasteiger partial charge in [-0.1, -0.05) is 18.2 Å². The van der Waals surface area contributed by atoms with Crippen LogP contribution in [0.25, 0.3) is 5.65 Å². The van der Waals surface area contributed by atoms with E-state index in [-0.39, 0.29) is 5.75 Å². The lowest BCUT2D eigenvalue weighted by Gasteiger charge is -2.05. The van der Waals surface area contributed by atoms with Gasteiger partial charge in [-0.25, -0.2) is 4.98 Å². The summed E-state index contributed by atoms with van der Waals surface area (Å²) in [7, 11) is 1.66. The molecule has 0 atom stereocenters. The van der Waals surface area contributed by atoms with Gasteiger partial charge in [0.05, 0.1) is 12.8 Å². The van der Waals surface area contributed by atoms with Crippen molar-refractivity contribution >= 4 is 5.65 Å². The number of para-hydroxylation sites is 1. The number of imidazole rings is 1. The lowest BCUT2D eigenvalue weighted by molar-refractivity contribution is 0.410. The molecule has 2 aromatic heterocycles. The molecule has 0 bridgehead atoms. The highest BCUT2D eigenvalue weighted by molar-refractivity contribution is 5.53. The van der Waals surface area contributed by atoms with Gasteiger partial charge >= 0.3 is 0 Å². The third-order valence-corrected chi connectivity index (χ3v) is 3.08. The van der Waals surface area contributed by atoms with Crippen LogP contribution in [0.15, 0.2) is 48.8 Å². The summed E-state index contributed by atoms with van der Waals surface area (Å²) in [5, 5.41) is 9.74. The van der Waals surface area contributed by atoms with Crippen molar-refractivity contribution in [3.05, 3.63) is 60.0 Å². The Morgan fingerprint density at radius 3 is 2.84 bits per heavy atom. The minimum absolute atomic E-state index is 0.189. The van der Waals surface area contributed by atoms with Crippen LogP contribution in [0.1, 0.15) is 11.3 Å². The number of methoxy groups -OCH3 is 1. The Bertz CT molecular complexity index is 719. The van der Waals surface area contributed by atoms with Crippen molar-refractivity contribution in [2.75, 3.05) is 7.11 Å². The van der Waals surface area contributed by atoms with Crippen molar-refractivity contribution in [1.29, 1.82) is 0 Å².